The maximum Gasteiger partial charge on any atom is 0.127 e. The second-order valence-corrected chi connectivity index (χ2v) is 11.4. The first-order valence-corrected chi connectivity index (χ1v) is 12.0. The lowest BCUT2D eigenvalue weighted by Crippen LogP contribution is -2.51. The van der Waals surface area contributed by atoms with Gasteiger partial charge in [-0.05, 0) is 91.4 Å². The number of allylic oxidation sites excluding steroid dienone is 1. The molecule has 0 amide bonds. The molecule has 125 valence electrons. The lowest BCUT2D eigenvalue weighted by molar-refractivity contribution is 0.180. The van der Waals surface area contributed by atoms with Crippen LogP contribution in [0.3, 0.4) is 0 Å². The molecule has 4 bridgehead atoms. The SMILES string of the molecule is CC1=Cc2c(C3[C]4CC5CC(C4)C(=[Si](C)C)C3C5)ccc(F)c2C1. The maximum absolute atomic E-state index is 14.3. The number of rotatable bonds is 1. The Kier molecular flexibility index (Phi) is 3.33. The fourth-order valence-electron chi connectivity index (χ4n) is 6.47. The third-order valence-electron chi connectivity index (χ3n) is 7.04. The first-order valence-electron chi connectivity index (χ1n) is 9.53. The molecule has 5 aliphatic carbocycles. The Morgan fingerprint density at radius 3 is 2.75 bits per heavy atom. The van der Waals surface area contributed by atoms with Crippen molar-refractivity contribution in [1.82, 2.24) is 0 Å². The van der Waals surface area contributed by atoms with Crippen molar-refractivity contribution >= 4 is 19.7 Å². The largest absolute Gasteiger partial charge is 0.207 e. The van der Waals surface area contributed by atoms with Crippen LogP contribution in [0.4, 0.5) is 4.39 Å². The van der Waals surface area contributed by atoms with Crippen molar-refractivity contribution in [1.29, 1.82) is 0 Å². The van der Waals surface area contributed by atoms with Gasteiger partial charge in [-0.1, -0.05) is 36.0 Å². The van der Waals surface area contributed by atoms with E-state index in [2.05, 4.69) is 32.2 Å². The Balaban J connectivity index is 1.66. The first kappa shape index (κ1) is 15.2. The third kappa shape index (κ3) is 2.05. The lowest BCUT2D eigenvalue weighted by Gasteiger charge is -2.56. The fourth-order valence-corrected chi connectivity index (χ4v) is 8.53. The van der Waals surface area contributed by atoms with E-state index in [0.717, 1.165) is 29.7 Å². The van der Waals surface area contributed by atoms with Crippen LogP contribution in [0.2, 0.25) is 13.1 Å². The van der Waals surface area contributed by atoms with Crippen LogP contribution in [-0.2, 0) is 6.42 Å². The second kappa shape index (κ2) is 5.24. The molecule has 4 fully saturated rings. The minimum atomic E-state index is -0.354. The van der Waals surface area contributed by atoms with Crippen LogP contribution >= 0.6 is 0 Å². The van der Waals surface area contributed by atoms with Gasteiger partial charge in [-0.3, -0.25) is 0 Å². The summed E-state index contributed by atoms with van der Waals surface area (Å²) < 4.78 is 14.3. The van der Waals surface area contributed by atoms with Crippen molar-refractivity contribution in [2.24, 2.45) is 17.8 Å². The Morgan fingerprint density at radius 1 is 1.12 bits per heavy atom. The van der Waals surface area contributed by atoms with E-state index in [0.29, 0.717) is 5.92 Å². The van der Waals surface area contributed by atoms with Crippen LogP contribution in [0.1, 0.15) is 55.2 Å². The van der Waals surface area contributed by atoms with Crippen molar-refractivity contribution < 1.29 is 4.39 Å². The van der Waals surface area contributed by atoms with Crippen LogP contribution in [0.15, 0.2) is 17.7 Å². The molecule has 0 heterocycles. The van der Waals surface area contributed by atoms with Gasteiger partial charge in [0, 0.05) is 8.41 Å². The molecule has 4 unspecified atom stereocenters. The van der Waals surface area contributed by atoms with Gasteiger partial charge in [0.15, 0.2) is 0 Å². The van der Waals surface area contributed by atoms with Gasteiger partial charge in [-0.2, -0.15) is 0 Å². The molecule has 4 atom stereocenters. The van der Waals surface area contributed by atoms with E-state index in [-0.39, 0.29) is 14.2 Å². The normalized spacial score (nSPS) is 33.8. The van der Waals surface area contributed by atoms with Crippen LogP contribution in [0.5, 0.6) is 0 Å². The summed E-state index contributed by atoms with van der Waals surface area (Å²) in [4.78, 5) is 0. The monoisotopic (exact) mass is 337 g/mol. The topological polar surface area (TPSA) is 0 Å². The van der Waals surface area contributed by atoms with Gasteiger partial charge in [0.2, 0.25) is 0 Å². The predicted molar refractivity (Wildman–Crippen MR) is 101 cm³/mol. The van der Waals surface area contributed by atoms with Gasteiger partial charge in [0.25, 0.3) is 0 Å². The highest BCUT2D eigenvalue weighted by Crippen LogP contribution is 2.60. The summed E-state index contributed by atoms with van der Waals surface area (Å²) >= 11 is 0. The molecule has 0 N–H and O–H groups in total. The highest BCUT2D eigenvalue weighted by molar-refractivity contribution is 6.69. The molecule has 0 nitrogen and oxygen atoms in total. The maximum atomic E-state index is 14.3. The minimum absolute atomic E-state index is 0.00407. The molecule has 0 saturated heterocycles. The molecule has 1 aromatic carbocycles. The van der Waals surface area contributed by atoms with Crippen molar-refractivity contribution in [3.8, 4) is 0 Å². The summed E-state index contributed by atoms with van der Waals surface area (Å²) in [5, 5.41) is 1.93. The van der Waals surface area contributed by atoms with E-state index >= 15 is 0 Å². The smallest absolute Gasteiger partial charge is 0.127 e. The summed E-state index contributed by atoms with van der Waals surface area (Å²) in [7, 11) is -0.354. The van der Waals surface area contributed by atoms with Gasteiger partial charge in [0.1, 0.15) is 5.82 Å². The van der Waals surface area contributed by atoms with Crippen LogP contribution in [0.25, 0.3) is 6.08 Å². The summed E-state index contributed by atoms with van der Waals surface area (Å²) in [5.41, 5.74) is 4.95. The molecule has 1 aromatic rings. The zero-order valence-electron chi connectivity index (χ0n) is 15.0. The lowest BCUT2D eigenvalue weighted by atomic mass is 9.50. The molecule has 4 saturated carbocycles. The van der Waals surface area contributed by atoms with Crippen molar-refractivity contribution in [3.05, 3.63) is 46.1 Å². The summed E-state index contributed by atoms with van der Waals surface area (Å²) in [6.45, 7) is 7.12. The Labute approximate surface area is 146 Å². The number of hydrogen-bond acceptors (Lipinski definition) is 0. The van der Waals surface area contributed by atoms with E-state index in [9.17, 15) is 4.39 Å². The van der Waals surface area contributed by atoms with E-state index in [4.69, 9.17) is 0 Å². The van der Waals surface area contributed by atoms with E-state index in [1.807, 2.05) is 5.17 Å². The standard InChI is InChI=1S/C22H26FSi/c1-12-6-17-16(4-5-20(23)18(17)7-12)21-14-8-13-9-15(11-14)22(24(2)3)19(21)10-13/h4-6,13,15,19,21H,7-11H2,1-3H3. The Bertz CT molecular complexity index is 783. The average Bonchev–Trinajstić information content (AvgIpc) is 2.90. The Morgan fingerprint density at radius 2 is 1.96 bits per heavy atom. The number of fused-ring (bicyclic) bond motifs is 1. The van der Waals surface area contributed by atoms with Gasteiger partial charge in [-0.25, -0.2) is 4.39 Å². The highest BCUT2D eigenvalue weighted by Gasteiger charge is 2.52. The first-order chi connectivity index (χ1) is 11.5. The second-order valence-electron chi connectivity index (χ2n) is 8.84. The van der Waals surface area contributed by atoms with Crippen molar-refractivity contribution in [2.75, 3.05) is 0 Å². The zero-order valence-corrected chi connectivity index (χ0v) is 16.0. The molecule has 6 rings (SSSR count). The number of benzene rings is 1. The molecule has 0 aromatic heterocycles. The summed E-state index contributed by atoms with van der Waals surface area (Å²) in [6.07, 6.45) is 8.60. The van der Waals surface area contributed by atoms with Gasteiger partial charge < -0.3 is 0 Å². The average molecular weight is 338 g/mol. The number of hydrogen-bond donors (Lipinski definition) is 0. The molecular weight excluding hydrogens is 311 g/mol. The van der Waals surface area contributed by atoms with Crippen molar-refractivity contribution in [2.45, 2.75) is 58.0 Å². The van der Waals surface area contributed by atoms with Crippen LogP contribution in [0, 0.1) is 29.5 Å². The van der Waals surface area contributed by atoms with Crippen molar-refractivity contribution in [3.63, 3.8) is 0 Å². The minimum Gasteiger partial charge on any atom is -0.207 e. The molecule has 1 radical (unpaired) electrons. The highest BCUT2D eigenvalue weighted by atomic mass is 28.2. The number of halogens is 1. The van der Waals surface area contributed by atoms with Gasteiger partial charge in [-0.15, -0.1) is 0 Å². The quantitative estimate of drug-likeness (QED) is 0.602. The predicted octanol–water partition coefficient (Wildman–Crippen LogP) is 5.40. The molecule has 0 spiro atoms. The summed E-state index contributed by atoms with van der Waals surface area (Å²) in [5.74, 6) is 4.98. The molecular formula is C22H26FSi. The van der Waals surface area contributed by atoms with Gasteiger partial charge in [0.05, 0.1) is 0 Å². The van der Waals surface area contributed by atoms with E-state index in [1.165, 1.54) is 42.4 Å². The molecule has 0 aliphatic heterocycles. The zero-order chi connectivity index (χ0) is 16.6. The van der Waals surface area contributed by atoms with E-state index < -0.39 is 0 Å². The van der Waals surface area contributed by atoms with Crippen LogP contribution < -0.4 is 0 Å². The fraction of sp³-hybridized carbons (Fsp3) is 0.545. The summed E-state index contributed by atoms with van der Waals surface area (Å²) in [6, 6.07) is 3.87. The molecule has 2 heteroatoms. The van der Waals surface area contributed by atoms with Gasteiger partial charge >= 0.3 is 0 Å². The van der Waals surface area contributed by atoms with E-state index in [1.54, 1.807) is 12.0 Å². The van der Waals surface area contributed by atoms with Crippen LogP contribution in [-0.4, -0.2) is 13.6 Å². The third-order valence-corrected chi connectivity index (χ3v) is 8.97. The molecule has 24 heavy (non-hydrogen) atoms. The Hall–Kier alpha value is -1.02. The molecule has 5 aliphatic rings.